The van der Waals surface area contributed by atoms with Crippen LogP contribution in [0, 0.1) is 0 Å². The molecule has 108 valence electrons. The maximum atomic E-state index is 8.86. The zero-order chi connectivity index (χ0) is 14.4. The average molecular weight is 275 g/mol. The molecule has 20 heavy (non-hydrogen) atoms. The first-order chi connectivity index (χ1) is 9.81. The predicted octanol–water partition coefficient (Wildman–Crippen LogP) is 2.25. The highest BCUT2D eigenvalue weighted by atomic mass is 16.5. The van der Waals surface area contributed by atoms with Gasteiger partial charge in [0.1, 0.15) is 5.75 Å². The third kappa shape index (κ3) is 3.10. The molecule has 3 N–H and O–H groups in total. The predicted molar refractivity (Wildman–Crippen MR) is 80.0 cm³/mol. The lowest BCUT2D eigenvalue weighted by atomic mass is 9.99. The van der Waals surface area contributed by atoms with Gasteiger partial charge in [0.25, 0.3) is 0 Å². The maximum absolute atomic E-state index is 8.86. The SMILES string of the molecule is COc1ccc2ccccc2c1C(CN)OCCCO. The van der Waals surface area contributed by atoms with E-state index >= 15 is 0 Å². The van der Waals surface area contributed by atoms with E-state index < -0.39 is 0 Å². The van der Waals surface area contributed by atoms with Crippen molar-refractivity contribution < 1.29 is 14.6 Å². The Morgan fingerprint density at radius 2 is 2.00 bits per heavy atom. The number of hydrogen-bond acceptors (Lipinski definition) is 4. The molecule has 0 amide bonds. The molecule has 4 heteroatoms. The lowest BCUT2D eigenvalue weighted by Crippen LogP contribution is -2.18. The van der Waals surface area contributed by atoms with Gasteiger partial charge in [-0.2, -0.15) is 0 Å². The molecule has 0 fully saturated rings. The smallest absolute Gasteiger partial charge is 0.125 e. The lowest BCUT2D eigenvalue weighted by Gasteiger charge is -2.21. The van der Waals surface area contributed by atoms with E-state index in [1.807, 2.05) is 30.3 Å². The molecule has 4 nitrogen and oxygen atoms in total. The van der Waals surface area contributed by atoms with Crippen LogP contribution in [-0.4, -0.2) is 32.0 Å². The van der Waals surface area contributed by atoms with E-state index in [0.717, 1.165) is 22.1 Å². The van der Waals surface area contributed by atoms with Crippen molar-refractivity contribution in [3.63, 3.8) is 0 Å². The maximum Gasteiger partial charge on any atom is 0.125 e. The van der Waals surface area contributed by atoms with Crippen LogP contribution < -0.4 is 10.5 Å². The average Bonchev–Trinajstić information content (AvgIpc) is 2.51. The fourth-order valence-corrected chi connectivity index (χ4v) is 2.35. The number of benzene rings is 2. The second-order valence-corrected chi connectivity index (χ2v) is 4.57. The first kappa shape index (κ1) is 14.8. The fraction of sp³-hybridized carbons (Fsp3) is 0.375. The normalized spacial score (nSPS) is 12.6. The summed E-state index contributed by atoms with van der Waals surface area (Å²) in [6.07, 6.45) is 0.367. The molecule has 2 aromatic rings. The van der Waals surface area contributed by atoms with Crippen molar-refractivity contribution in [2.24, 2.45) is 5.73 Å². The Morgan fingerprint density at radius 1 is 1.20 bits per heavy atom. The van der Waals surface area contributed by atoms with E-state index in [0.29, 0.717) is 19.6 Å². The second kappa shape index (κ2) is 7.24. The number of ether oxygens (including phenoxy) is 2. The van der Waals surface area contributed by atoms with E-state index in [1.165, 1.54) is 0 Å². The summed E-state index contributed by atoms with van der Waals surface area (Å²) >= 11 is 0. The fourth-order valence-electron chi connectivity index (χ4n) is 2.35. The topological polar surface area (TPSA) is 64.7 Å². The summed E-state index contributed by atoms with van der Waals surface area (Å²) in [7, 11) is 1.65. The number of aliphatic hydroxyl groups is 1. The van der Waals surface area contributed by atoms with Crippen LogP contribution in [0.4, 0.5) is 0 Å². The van der Waals surface area contributed by atoms with Crippen molar-refractivity contribution >= 4 is 10.8 Å². The minimum atomic E-state index is -0.234. The van der Waals surface area contributed by atoms with Gasteiger partial charge in [-0.1, -0.05) is 30.3 Å². The van der Waals surface area contributed by atoms with Crippen LogP contribution >= 0.6 is 0 Å². The quantitative estimate of drug-likeness (QED) is 0.761. The third-order valence-corrected chi connectivity index (χ3v) is 3.31. The Labute approximate surface area is 119 Å². The molecular formula is C16H21NO3. The molecule has 0 aliphatic carbocycles. The summed E-state index contributed by atoms with van der Waals surface area (Å²) < 4.78 is 11.3. The monoisotopic (exact) mass is 275 g/mol. The molecular weight excluding hydrogens is 254 g/mol. The molecule has 0 bridgehead atoms. The van der Waals surface area contributed by atoms with Gasteiger partial charge in [-0.05, 0) is 23.3 Å². The van der Waals surface area contributed by atoms with Crippen molar-refractivity contribution in [2.45, 2.75) is 12.5 Å². The molecule has 1 atom stereocenters. The Bertz CT molecular complexity index is 556. The van der Waals surface area contributed by atoms with Gasteiger partial charge in [-0.15, -0.1) is 0 Å². The van der Waals surface area contributed by atoms with Gasteiger partial charge < -0.3 is 20.3 Å². The second-order valence-electron chi connectivity index (χ2n) is 4.57. The van der Waals surface area contributed by atoms with Gasteiger partial charge >= 0.3 is 0 Å². The molecule has 0 saturated heterocycles. The van der Waals surface area contributed by atoms with E-state index in [4.69, 9.17) is 20.3 Å². The van der Waals surface area contributed by atoms with Gasteiger partial charge in [0.05, 0.1) is 13.2 Å². The first-order valence-corrected chi connectivity index (χ1v) is 6.80. The molecule has 0 spiro atoms. The van der Waals surface area contributed by atoms with Gasteiger partial charge in [0.15, 0.2) is 0 Å². The molecule has 0 heterocycles. The van der Waals surface area contributed by atoms with Crippen molar-refractivity contribution in [3.05, 3.63) is 42.0 Å². The standard InChI is InChI=1S/C16H21NO3/c1-19-14-8-7-12-5-2-3-6-13(12)16(14)15(11-17)20-10-4-9-18/h2-3,5-8,15,18H,4,9-11,17H2,1H3. The third-order valence-electron chi connectivity index (χ3n) is 3.31. The lowest BCUT2D eigenvalue weighted by molar-refractivity contribution is 0.0483. The number of nitrogens with two attached hydrogens (primary N) is 1. The molecule has 0 aliphatic rings. The summed E-state index contributed by atoms with van der Waals surface area (Å²) in [4.78, 5) is 0. The zero-order valence-electron chi connectivity index (χ0n) is 11.7. The van der Waals surface area contributed by atoms with Crippen molar-refractivity contribution in [2.75, 3.05) is 26.9 Å². The molecule has 1 unspecified atom stereocenters. The van der Waals surface area contributed by atoms with Crippen LogP contribution in [-0.2, 0) is 4.74 Å². The minimum absolute atomic E-state index is 0.115. The van der Waals surface area contributed by atoms with Crippen molar-refractivity contribution in [1.29, 1.82) is 0 Å². The molecule has 0 radical (unpaired) electrons. The Balaban J connectivity index is 2.42. The van der Waals surface area contributed by atoms with E-state index in [9.17, 15) is 0 Å². The van der Waals surface area contributed by atoms with Gasteiger partial charge in [0, 0.05) is 25.3 Å². The zero-order valence-corrected chi connectivity index (χ0v) is 11.7. The van der Waals surface area contributed by atoms with Gasteiger partial charge in [-0.3, -0.25) is 0 Å². The largest absolute Gasteiger partial charge is 0.496 e. The van der Waals surface area contributed by atoms with E-state index in [-0.39, 0.29) is 12.7 Å². The highest BCUT2D eigenvalue weighted by molar-refractivity contribution is 5.88. The van der Waals surface area contributed by atoms with E-state index in [2.05, 4.69) is 6.07 Å². The van der Waals surface area contributed by atoms with Gasteiger partial charge in [0.2, 0.25) is 0 Å². The van der Waals surface area contributed by atoms with Crippen LogP contribution in [0.15, 0.2) is 36.4 Å². The molecule has 2 rings (SSSR count). The summed E-state index contributed by atoms with van der Waals surface area (Å²) in [5, 5.41) is 11.1. The van der Waals surface area contributed by atoms with Crippen LogP contribution in [0.25, 0.3) is 10.8 Å². The Kier molecular flexibility index (Phi) is 5.35. The summed E-state index contributed by atoms with van der Waals surface area (Å²) in [5.74, 6) is 0.781. The van der Waals surface area contributed by atoms with E-state index in [1.54, 1.807) is 7.11 Å². The minimum Gasteiger partial charge on any atom is -0.496 e. The van der Waals surface area contributed by atoms with Crippen LogP contribution in [0.5, 0.6) is 5.75 Å². The number of rotatable bonds is 7. The van der Waals surface area contributed by atoms with Crippen LogP contribution in [0.1, 0.15) is 18.1 Å². The highest BCUT2D eigenvalue weighted by Gasteiger charge is 2.18. The van der Waals surface area contributed by atoms with Crippen molar-refractivity contribution in [1.82, 2.24) is 0 Å². The van der Waals surface area contributed by atoms with Crippen molar-refractivity contribution in [3.8, 4) is 5.75 Å². The summed E-state index contributed by atoms with van der Waals surface area (Å²) in [5.41, 5.74) is 6.84. The summed E-state index contributed by atoms with van der Waals surface area (Å²) in [6.45, 7) is 0.963. The molecule has 0 aromatic heterocycles. The Morgan fingerprint density at radius 3 is 2.70 bits per heavy atom. The van der Waals surface area contributed by atoms with Crippen LogP contribution in [0.2, 0.25) is 0 Å². The first-order valence-electron chi connectivity index (χ1n) is 6.80. The number of hydrogen-bond donors (Lipinski definition) is 2. The number of fused-ring (bicyclic) bond motifs is 1. The number of methoxy groups -OCH3 is 1. The number of aliphatic hydroxyl groups excluding tert-OH is 1. The molecule has 0 saturated carbocycles. The highest BCUT2D eigenvalue weighted by Crippen LogP contribution is 2.34. The summed E-state index contributed by atoms with van der Waals surface area (Å²) in [6, 6.07) is 12.1. The van der Waals surface area contributed by atoms with Crippen LogP contribution in [0.3, 0.4) is 0 Å². The molecule has 0 aliphatic heterocycles. The van der Waals surface area contributed by atoms with Gasteiger partial charge in [-0.25, -0.2) is 0 Å². The Hall–Kier alpha value is -1.62. The molecule has 2 aromatic carbocycles.